The summed E-state index contributed by atoms with van der Waals surface area (Å²) in [5, 5.41) is 9.48. The van der Waals surface area contributed by atoms with E-state index >= 15 is 0 Å². The highest BCUT2D eigenvalue weighted by atomic mass is 19.1. The van der Waals surface area contributed by atoms with Crippen LogP contribution in [0.15, 0.2) is 18.2 Å². The maximum absolute atomic E-state index is 13.3. The molecule has 2 atom stereocenters. The summed E-state index contributed by atoms with van der Waals surface area (Å²) >= 11 is 0. The van der Waals surface area contributed by atoms with E-state index in [1.54, 1.807) is 13.0 Å². The molecular formula is C15H18FNO3. The molecule has 0 aliphatic carbocycles. The maximum atomic E-state index is 13.3. The van der Waals surface area contributed by atoms with Crippen molar-refractivity contribution >= 4 is 5.97 Å². The van der Waals surface area contributed by atoms with Crippen LogP contribution in [0.3, 0.4) is 0 Å². The van der Waals surface area contributed by atoms with Crippen molar-refractivity contribution in [2.75, 3.05) is 26.3 Å². The molecule has 0 amide bonds. The van der Waals surface area contributed by atoms with Gasteiger partial charge in [0.25, 0.3) is 0 Å². The number of nitrogens with zero attached hydrogens (tertiary/aromatic N) is 1. The number of carboxylic acids is 1. The smallest absolute Gasteiger partial charge is 0.313 e. The van der Waals surface area contributed by atoms with E-state index in [1.807, 2.05) is 6.07 Å². The van der Waals surface area contributed by atoms with Crippen LogP contribution >= 0.6 is 0 Å². The molecule has 108 valence electrons. The number of carboxylic acid groups (broad SMARTS) is 1. The lowest BCUT2D eigenvalue weighted by Gasteiger charge is -2.22. The molecule has 2 saturated heterocycles. The van der Waals surface area contributed by atoms with Crippen molar-refractivity contribution in [1.82, 2.24) is 4.90 Å². The van der Waals surface area contributed by atoms with Crippen molar-refractivity contribution in [3.63, 3.8) is 0 Å². The SMILES string of the molecule is Cc1cc(CN2C[C@@H]3COC[C@]3(C(=O)O)C2)ccc1F. The van der Waals surface area contributed by atoms with E-state index in [1.165, 1.54) is 6.07 Å². The van der Waals surface area contributed by atoms with E-state index in [0.717, 1.165) is 12.1 Å². The molecule has 1 N–H and O–H groups in total. The molecule has 1 aromatic carbocycles. The predicted octanol–water partition coefficient (Wildman–Crippen LogP) is 1.67. The van der Waals surface area contributed by atoms with Gasteiger partial charge in [0.15, 0.2) is 0 Å². The lowest BCUT2D eigenvalue weighted by Crippen LogP contribution is -2.38. The van der Waals surface area contributed by atoms with Crippen molar-refractivity contribution < 1.29 is 19.0 Å². The topological polar surface area (TPSA) is 49.8 Å². The normalized spacial score (nSPS) is 29.6. The first-order valence-electron chi connectivity index (χ1n) is 6.80. The number of hydrogen-bond acceptors (Lipinski definition) is 3. The highest BCUT2D eigenvalue weighted by molar-refractivity contribution is 5.76. The van der Waals surface area contributed by atoms with Gasteiger partial charge in [0.05, 0.1) is 13.2 Å². The van der Waals surface area contributed by atoms with Crippen LogP contribution in [-0.2, 0) is 16.1 Å². The van der Waals surface area contributed by atoms with Crippen LogP contribution in [0.2, 0.25) is 0 Å². The molecule has 4 nitrogen and oxygen atoms in total. The Balaban J connectivity index is 1.74. The third kappa shape index (κ3) is 2.11. The summed E-state index contributed by atoms with van der Waals surface area (Å²) < 4.78 is 18.6. The number of aliphatic carboxylic acids is 1. The first kappa shape index (κ1) is 13.5. The molecule has 3 rings (SSSR count). The van der Waals surface area contributed by atoms with Gasteiger partial charge in [0.1, 0.15) is 11.2 Å². The van der Waals surface area contributed by atoms with Crippen LogP contribution in [0.25, 0.3) is 0 Å². The van der Waals surface area contributed by atoms with E-state index < -0.39 is 11.4 Å². The average molecular weight is 279 g/mol. The first-order chi connectivity index (χ1) is 9.51. The Labute approximate surface area is 117 Å². The fraction of sp³-hybridized carbons (Fsp3) is 0.533. The molecule has 2 aliphatic rings. The Kier molecular flexibility index (Phi) is 3.26. The molecule has 1 aromatic rings. The molecule has 5 heteroatoms. The summed E-state index contributed by atoms with van der Waals surface area (Å²) in [6.07, 6.45) is 0. The number of benzene rings is 1. The summed E-state index contributed by atoms with van der Waals surface area (Å²) in [4.78, 5) is 13.7. The molecule has 0 aromatic heterocycles. The molecule has 0 spiro atoms. The number of halogens is 1. The van der Waals surface area contributed by atoms with Gasteiger partial charge in [-0.3, -0.25) is 9.69 Å². The second-order valence-electron chi connectivity index (χ2n) is 5.93. The van der Waals surface area contributed by atoms with E-state index in [9.17, 15) is 14.3 Å². The molecule has 2 heterocycles. The second kappa shape index (κ2) is 4.82. The summed E-state index contributed by atoms with van der Waals surface area (Å²) in [6, 6.07) is 5.06. The molecule has 2 fully saturated rings. The average Bonchev–Trinajstić information content (AvgIpc) is 2.91. The number of ether oxygens (including phenoxy) is 1. The second-order valence-corrected chi connectivity index (χ2v) is 5.93. The zero-order valence-corrected chi connectivity index (χ0v) is 11.4. The number of fused-ring (bicyclic) bond motifs is 1. The standard InChI is InChI=1S/C15H18FNO3/c1-10-4-11(2-3-13(10)16)5-17-6-12-7-20-9-15(12,8-17)14(18)19/h2-4,12H,5-9H2,1H3,(H,18,19)/t12-,15-/m1/s1. The molecule has 20 heavy (non-hydrogen) atoms. The summed E-state index contributed by atoms with van der Waals surface area (Å²) in [5.41, 5.74) is 0.887. The Morgan fingerprint density at radius 2 is 2.40 bits per heavy atom. The molecule has 0 unspecified atom stereocenters. The quantitative estimate of drug-likeness (QED) is 0.914. The van der Waals surface area contributed by atoms with Gasteiger partial charge in [-0.05, 0) is 24.1 Å². The van der Waals surface area contributed by atoms with Crippen LogP contribution in [-0.4, -0.2) is 42.3 Å². The minimum atomic E-state index is -0.766. The zero-order chi connectivity index (χ0) is 14.3. The van der Waals surface area contributed by atoms with Crippen molar-refractivity contribution in [2.45, 2.75) is 13.5 Å². The monoisotopic (exact) mass is 279 g/mol. The number of carbonyl (C=O) groups is 1. The van der Waals surface area contributed by atoms with E-state index in [4.69, 9.17) is 4.74 Å². The lowest BCUT2D eigenvalue weighted by molar-refractivity contribution is -0.149. The van der Waals surface area contributed by atoms with Gasteiger partial charge in [0, 0.05) is 25.6 Å². The predicted molar refractivity (Wildman–Crippen MR) is 70.8 cm³/mol. The fourth-order valence-corrected chi connectivity index (χ4v) is 3.33. The summed E-state index contributed by atoms with van der Waals surface area (Å²) in [7, 11) is 0. The largest absolute Gasteiger partial charge is 0.481 e. The molecular weight excluding hydrogens is 261 g/mol. The van der Waals surface area contributed by atoms with Crippen molar-refractivity contribution in [3.05, 3.63) is 35.1 Å². The molecule has 0 radical (unpaired) electrons. The van der Waals surface area contributed by atoms with Gasteiger partial charge in [-0.2, -0.15) is 0 Å². The van der Waals surface area contributed by atoms with Crippen LogP contribution < -0.4 is 0 Å². The maximum Gasteiger partial charge on any atom is 0.313 e. The Morgan fingerprint density at radius 3 is 3.05 bits per heavy atom. The number of likely N-dealkylation sites (tertiary alicyclic amines) is 1. The minimum absolute atomic E-state index is 0.0570. The highest BCUT2D eigenvalue weighted by Gasteiger charge is 2.55. The van der Waals surface area contributed by atoms with Gasteiger partial charge >= 0.3 is 5.97 Å². The summed E-state index contributed by atoms with van der Waals surface area (Å²) in [6.45, 7) is 4.44. The van der Waals surface area contributed by atoms with Gasteiger partial charge < -0.3 is 9.84 Å². The molecule has 2 aliphatic heterocycles. The van der Waals surface area contributed by atoms with Gasteiger partial charge in [-0.25, -0.2) is 4.39 Å². The lowest BCUT2D eigenvalue weighted by atomic mass is 9.81. The molecule has 0 saturated carbocycles. The number of hydrogen-bond donors (Lipinski definition) is 1. The zero-order valence-electron chi connectivity index (χ0n) is 11.4. The first-order valence-corrected chi connectivity index (χ1v) is 6.80. The van der Waals surface area contributed by atoms with E-state index in [0.29, 0.717) is 31.9 Å². The van der Waals surface area contributed by atoms with E-state index in [2.05, 4.69) is 4.90 Å². The van der Waals surface area contributed by atoms with Crippen molar-refractivity contribution in [1.29, 1.82) is 0 Å². The van der Waals surface area contributed by atoms with Crippen molar-refractivity contribution in [2.24, 2.45) is 11.3 Å². The van der Waals surface area contributed by atoms with Gasteiger partial charge in [-0.15, -0.1) is 0 Å². The fourth-order valence-electron chi connectivity index (χ4n) is 3.33. The Hall–Kier alpha value is -1.46. The number of rotatable bonds is 3. The molecule has 0 bridgehead atoms. The van der Waals surface area contributed by atoms with E-state index in [-0.39, 0.29) is 11.7 Å². The van der Waals surface area contributed by atoms with Crippen LogP contribution in [0, 0.1) is 24.1 Å². The van der Waals surface area contributed by atoms with Gasteiger partial charge in [-0.1, -0.05) is 12.1 Å². The van der Waals surface area contributed by atoms with Crippen LogP contribution in [0.5, 0.6) is 0 Å². The third-order valence-electron chi connectivity index (χ3n) is 4.50. The Morgan fingerprint density at radius 1 is 1.60 bits per heavy atom. The minimum Gasteiger partial charge on any atom is -0.481 e. The third-order valence-corrected chi connectivity index (χ3v) is 4.50. The summed E-state index contributed by atoms with van der Waals surface area (Å²) in [5.74, 6) is -0.915. The van der Waals surface area contributed by atoms with Gasteiger partial charge in [0.2, 0.25) is 0 Å². The number of aryl methyl sites for hydroxylation is 1. The van der Waals surface area contributed by atoms with Crippen LogP contribution in [0.1, 0.15) is 11.1 Å². The Bertz CT molecular complexity index is 548. The van der Waals surface area contributed by atoms with Crippen molar-refractivity contribution in [3.8, 4) is 0 Å². The van der Waals surface area contributed by atoms with Crippen LogP contribution in [0.4, 0.5) is 4.39 Å². The highest BCUT2D eigenvalue weighted by Crippen LogP contribution is 2.41.